The molecule has 126 valence electrons. The van der Waals surface area contributed by atoms with Gasteiger partial charge in [0.15, 0.2) is 0 Å². The Kier molecular flexibility index (Phi) is 4.89. The van der Waals surface area contributed by atoms with E-state index in [-0.39, 0.29) is 5.91 Å². The van der Waals surface area contributed by atoms with Gasteiger partial charge in [-0.2, -0.15) is 0 Å². The first-order valence-corrected chi connectivity index (χ1v) is 8.30. The largest absolute Gasteiger partial charge is 0.492 e. The highest BCUT2D eigenvalue weighted by atomic mass is 16.5. The van der Waals surface area contributed by atoms with E-state index in [1.807, 2.05) is 42.2 Å². The summed E-state index contributed by atoms with van der Waals surface area (Å²) in [6.45, 7) is 5.59. The highest BCUT2D eigenvalue weighted by Gasteiger charge is 2.23. The van der Waals surface area contributed by atoms with Crippen molar-refractivity contribution in [1.29, 1.82) is 0 Å². The average Bonchev–Trinajstić information content (AvgIpc) is 2.62. The topological polar surface area (TPSA) is 58.8 Å². The Morgan fingerprint density at radius 2 is 1.83 bits per heavy atom. The minimum atomic E-state index is 0.0417. The first-order chi connectivity index (χ1) is 11.7. The number of ether oxygens (including phenoxy) is 1. The molecule has 2 aromatic carbocycles. The van der Waals surface area contributed by atoms with E-state index >= 15 is 0 Å². The Labute approximate surface area is 142 Å². The van der Waals surface area contributed by atoms with Gasteiger partial charge < -0.3 is 20.3 Å². The van der Waals surface area contributed by atoms with E-state index in [1.165, 1.54) is 0 Å². The van der Waals surface area contributed by atoms with Crippen LogP contribution in [0.2, 0.25) is 0 Å². The van der Waals surface area contributed by atoms with Crippen LogP contribution in [0.3, 0.4) is 0 Å². The maximum atomic E-state index is 12.6. The Bertz CT molecular complexity index is 709. The summed E-state index contributed by atoms with van der Waals surface area (Å²) in [5.41, 5.74) is 8.14. The zero-order chi connectivity index (χ0) is 16.9. The van der Waals surface area contributed by atoms with E-state index in [9.17, 15) is 4.79 Å². The molecule has 5 nitrogen and oxygen atoms in total. The number of benzene rings is 2. The molecule has 1 heterocycles. The standard InChI is InChI=1S/C19H23N3O2/c1-2-24-18-9-4-3-8-17(18)21-10-12-22(13-11-21)19(23)15-6-5-7-16(20)14-15/h3-9,14H,2,10-13,20H2,1H3. The third-order valence-corrected chi connectivity index (χ3v) is 4.21. The van der Waals surface area contributed by atoms with Gasteiger partial charge in [0.25, 0.3) is 5.91 Å². The molecule has 1 aliphatic heterocycles. The van der Waals surface area contributed by atoms with Gasteiger partial charge in [-0.15, -0.1) is 0 Å². The molecule has 3 rings (SSSR count). The quantitative estimate of drug-likeness (QED) is 0.878. The molecule has 24 heavy (non-hydrogen) atoms. The van der Waals surface area contributed by atoms with Gasteiger partial charge in [0.1, 0.15) is 5.75 Å². The van der Waals surface area contributed by atoms with Crippen LogP contribution in [0.4, 0.5) is 11.4 Å². The minimum Gasteiger partial charge on any atom is -0.492 e. The molecule has 1 aliphatic rings. The maximum absolute atomic E-state index is 12.6. The van der Waals surface area contributed by atoms with Crippen molar-refractivity contribution in [3.63, 3.8) is 0 Å². The molecule has 0 atom stereocenters. The van der Waals surface area contributed by atoms with Gasteiger partial charge in [0.05, 0.1) is 12.3 Å². The molecule has 0 bridgehead atoms. The summed E-state index contributed by atoms with van der Waals surface area (Å²) in [7, 11) is 0. The fourth-order valence-corrected chi connectivity index (χ4v) is 3.00. The second kappa shape index (κ2) is 7.25. The van der Waals surface area contributed by atoms with Crippen LogP contribution in [0.25, 0.3) is 0 Å². The number of carbonyl (C=O) groups is 1. The van der Waals surface area contributed by atoms with Crippen molar-refractivity contribution in [2.24, 2.45) is 0 Å². The van der Waals surface area contributed by atoms with Crippen LogP contribution < -0.4 is 15.4 Å². The van der Waals surface area contributed by atoms with Crippen LogP contribution in [0, 0.1) is 0 Å². The third-order valence-electron chi connectivity index (χ3n) is 4.21. The van der Waals surface area contributed by atoms with Crippen molar-refractivity contribution < 1.29 is 9.53 Å². The number of nitrogens with zero attached hydrogens (tertiary/aromatic N) is 2. The van der Waals surface area contributed by atoms with Crippen LogP contribution in [0.5, 0.6) is 5.75 Å². The molecule has 0 unspecified atom stereocenters. The SMILES string of the molecule is CCOc1ccccc1N1CCN(C(=O)c2cccc(N)c2)CC1. The number of piperazine rings is 1. The summed E-state index contributed by atoms with van der Waals surface area (Å²) in [5, 5.41) is 0. The van der Waals surface area contributed by atoms with Gasteiger partial charge in [-0.1, -0.05) is 18.2 Å². The lowest BCUT2D eigenvalue weighted by Crippen LogP contribution is -2.48. The number of hydrogen-bond acceptors (Lipinski definition) is 4. The van der Waals surface area contributed by atoms with Crippen molar-refractivity contribution in [3.8, 4) is 5.75 Å². The molecule has 0 aromatic heterocycles. The summed E-state index contributed by atoms with van der Waals surface area (Å²) < 4.78 is 5.71. The van der Waals surface area contributed by atoms with Crippen molar-refractivity contribution in [2.45, 2.75) is 6.92 Å². The predicted octanol–water partition coefficient (Wildman–Crippen LogP) is 2.63. The second-order valence-corrected chi connectivity index (χ2v) is 5.81. The Morgan fingerprint density at radius 1 is 1.08 bits per heavy atom. The molecular weight excluding hydrogens is 302 g/mol. The zero-order valence-electron chi connectivity index (χ0n) is 13.9. The van der Waals surface area contributed by atoms with Gasteiger partial charge >= 0.3 is 0 Å². The van der Waals surface area contributed by atoms with Gasteiger partial charge in [-0.05, 0) is 37.3 Å². The molecule has 0 spiro atoms. The number of amides is 1. The molecule has 1 fully saturated rings. The lowest BCUT2D eigenvalue weighted by molar-refractivity contribution is 0.0746. The minimum absolute atomic E-state index is 0.0417. The van der Waals surface area contributed by atoms with Crippen molar-refractivity contribution in [1.82, 2.24) is 4.90 Å². The van der Waals surface area contributed by atoms with E-state index in [0.717, 1.165) is 24.5 Å². The lowest BCUT2D eigenvalue weighted by Gasteiger charge is -2.36. The smallest absolute Gasteiger partial charge is 0.254 e. The van der Waals surface area contributed by atoms with Crippen LogP contribution >= 0.6 is 0 Å². The van der Waals surface area contributed by atoms with E-state index in [0.29, 0.717) is 30.9 Å². The molecule has 2 N–H and O–H groups in total. The highest BCUT2D eigenvalue weighted by Crippen LogP contribution is 2.29. The molecule has 0 saturated carbocycles. The summed E-state index contributed by atoms with van der Waals surface area (Å²) in [5.74, 6) is 0.940. The maximum Gasteiger partial charge on any atom is 0.254 e. The zero-order valence-corrected chi connectivity index (χ0v) is 13.9. The van der Waals surface area contributed by atoms with Crippen molar-refractivity contribution in [3.05, 3.63) is 54.1 Å². The molecule has 5 heteroatoms. The molecule has 0 aliphatic carbocycles. The molecule has 2 aromatic rings. The summed E-state index contributed by atoms with van der Waals surface area (Å²) in [6, 6.07) is 15.2. The first kappa shape index (κ1) is 16.2. The van der Waals surface area contributed by atoms with Crippen LogP contribution in [-0.4, -0.2) is 43.6 Å². The number of nitrogen functional groups attached to an aromatic ring is 1. The molecule has 1 saturated heterocycles. The number of rotatable bonds is 4. The predicted molar refractivity (Wildman–Crippen MR) is 96.6 cm³/mol. The number of nitrogens with two attached hydrogens (primary N) is 1. The monoisotopic (exact) mass is 325 g/mol. The Balaban J connectivity index is 1.67. The van der Waals surface area contributed by atoms with Gasteiger partial charge in [-0.3, -0.25) is 4.79 Å². The average molecular weight is 325 g/mol. The van der Waals surface area contributed by atoms with E-state index in [4.69, 9.17) is 10.5 Å². The fraction of sp³-hybridized carbons (Fsp3) is 0.316. The van der Waals surface area contributed by atoms with Gasteiger partial charge in [-0.25, -0.2) is 0 Å². The van der Waals surface area contributed by atoms with Crippen molar-refractivity contribution >= 4 is 17.3 Å². The fourth-order valence-electron chi connectivity index (χ4n) is 3.00. The number of carbonyl (C=O) groups excluding carboxylic acids is 1. The molecular formula is C19H23N3O2. The molecule has 0 radical (unpaired) electrons. The van der Waals surface area contributed by atoms with Crippen LogP contribution in [0.1, 0.15) is 17.3 Å². The van der Waals surface area contributed by atoms with Gasteiger partial charge in [0.2, 0.25) is 0 Å². The summed E-state index contributed by atoms with van der Waals surface area (Å²) in [4.78, 5) is 16.7. The third kappa shape index (κ3) is 3.45. The first-order valence-electron chi connectivity index (χ1n) is 8.30. The van der Waals surface area contributed by atoms with Gasteiger partial charge in [0, 0.05) is 37.4 Å². The number of anilines is 2. The Morgan fingerprint density at radius 3 is 2.54 bits per heavy atom. The van der Waals surface area contributed by atoms with Crippen molar-refractivity contribution in [2.75, 3.05) is 43.4 Å². The Hall–Kier alpha value is -2.69. The molecule has 1 amide bonds. The van der Waals surface area contributed by atoms with E-state index < -0.39 is 0 Å². The summed E-state index contributed by atoms with van der Waals surface area (Å²) >= 11 is 0. The van der Waals surface area contributed by atoms with E-state index in [2.05, 4.69) is 11.0 Å². The normalized spacial score (nSPS) is 14.5. The number of hydrogen-bond donors (Lipinski definition) is 1. The van der Waals surface area contributed by atoms with E-state index in [1.54, 1.807) is 12.1 Å². The second-order valence-electron chi connectivity index (χ2n) is 5.81. The van der Waals surface area contributed by atoms with Crippen LogP contribution in [-0.2, 0) is 0 Å². The number of para-hydroxylation sites is 2. The van der Waals surface area contributed by atoms with Crippen LogP contribution in [0.15, 0.2) is 48.5 Å². The summed E-state index contributed by atoms with van der Waals surface area (Å²) in [6.07, 6.45) is 0. The lowest BCUT2D eigenvalue weighted by atomic mass is 10.1. The highest BCUT2D eigenvalue weighted by molar-refractivity contribution is 5.95.